The van der Waals surface area contributed by atoms with E-state index in [0.717, 1.165) is 12.6 Å². The fourth-order valence-corrected chi connectivity index (χ4v) is 2.24. The Morgan fingerprint density at radius 2 is 2.24 bits per heavy atom. The summed E-state index contributed by atoms with van der Waals surface area (Å²) >= 11 is 0. The van der Waals surface area contributed by atoms with Gasteiger partial charge in [0.15, 0.2) is 5.96 Å². The summed E-state index contributed by atoms with van der Waals surface area (Å²) < 4.78 is 0. The van der Waals surface area contributed by atoms with E-state index in [1.54, 1.807) is 6.08 Å². The number of aliphatic imine (C=N–C) groups is 1. The molecule has 1 aliphatic heterocycles. The molecule has 1 aliphatic carbocycles. The zero-order chi connectivity index (χ0) is 11.4. The van der Waals surface area contributed by atoms with Crippen LogP contribution in [0.1, 0.15) is 19.3 Å². The van der Waals surface area contributed by atoms with Crippen molar-refractivity contribution in [1.82, 2.24) is 10.2 Å². The van der Waals surface area contributed by atoms with Crippen LogP contribution in [0.25, 0.3) is 0 Å². The van der Waals surface area contributed by atoms with E-state index in [4.69, 9.17) is 5.73 Å². The van der Waals surface area contributed by atoms with E-state index in [-0.39, 0.29) is 24.0 Å². The van der Waals surface area contributed by atoms with Crippen LogP contribution in [-0.2, 0) is 0 Å². The number of likely N-dealkylation sites (tertiary alicyclic amines) is 1. The number of hydrogen-bond donors (Lipinski definition) is 2. The molecule has 0 amide bonds. The van der Waals surface area contributed by atoms with Crippen molar-refractivity contribution in [3.8, 4) is 0 Å². The first kappa shape index (κ1) is 14.8. The van der Waals surface area contributed by atoms with Gasteiger partial charge in [-0.3, -0.25) is 4.99 Å². The molecule has 1 heterocycles. The average Bonchev–Trinajstić information content (AvgIpc) is 3.03. The Bertz CT molecular complexity index is 276. The van der Waals surface area contributed by atoms with Crippen molar-refractivity contribution in [2.24, 2.45) is 16.6 Å². The monoisotopic (exact) mass is 350 g/mol. The van der Waals surface area contributed by atoms with Crippen molar-refractivity contribution in [2.45, 2.75) is 25.3 Å². The number of nitrogens with one attached hydrogen (secondary N) is 1. The smallest absolute Gasteiger partial charge is 0.188 e. The third kappa shape index (κ3) is 4.83. The highest BCUT2D eigenvalue weighted by atomic mass is 127. The quantitative estimate of drug-likeness (QED) is 0.339. The molecule has 0 bridgehead atoms. The van der Waals surface area contributed by atoms with E-state index >= 15 is 0 Å². The minimum absolute atomic E-state index is 0. The number of halogens is 1. The molecule has 0 aromatic heterocycles. The predicted molar refractivity (Wildman–Crippen MR) is 82.8 cm³/mol. The average molecular weight is 350 g/mol. The Morgan fingerprint density at radius 1 is 1.47 bits per heavy atom. The topological polar surface area (TPSA) is 53.6 Å². The maximum absolute atomic E-state index is 5.72. The first-order valence-corrected chi connectivity index (χ1v) is 6.18. The second kappa shape index (κ2) is 7.20. The molecule has 5 heteroatoms. The van der Waals surface area contributed by atoms with Crippen LogP contribution in [0.15, 0.2) is 17.6 Å². The summed E-state index contributed by atoms with van der Waals surface area (Å²) in [5.74, 6) is 1.24. The van der Waals surface area contributed by atoms with Crippen LogP contribution in [-0.4, -0.2) is 43.1 Å². The number of nitrogens with zero attached hydrogens (tertiary/aromatic N) is 2. The summed E-state index contributed by atoms with van der Waals surface area (Å²) in [6.07, 6.45) is 5.86. The number of rotatable bonds is 5. The van der Waals surface area contributed by atoms with Gasteiger partial charge in [0.25, 0.3) is 0 Å². The maximum atomic E-state index is 5.72. The molecule has 2 rings (SSSR count). The van der Waals surface area contributed by atoms with Crippen LogP contribution in [0, 0.1) is 5.92 Å². The van der Waals surface area contributed by atoms with Gasteiger partial charge in [-0.05, 0) is 31.7 Å². The second-order valence-corrected chi connectivity index (χ2v) is 4.78. The lowest BCUT2D eigenvalue weighted by atomic mass is 10.1. The second-order valence-electron chi connectivity index (χ2n) is 4.78. The van der Waals surface area contributed by atoms with Crippen LogP contribution in [0.4, 0.5) is 0 Å². The minimum Gasteiger partial charge on any atom is -0.370 e. The Morgan fingerprint density at radius 3 is 2.88 bits per heavy atom. The van der Waals surface area contributed by atoms with Crippen LogP contribution in [0.2, 0.25) is 0 Å². The zero-order valence-corrected chi connectivity index (χ0v) is 12.6. The van der Waals surface area contributed by atoms with E-state index in [1.807, 2.05) is 0 Å². The van der Waals surface area contributed by atoms with Crippen LogP contribution < -0.4 is 11.1 Å². The molecule has 1 atom stereocenters. The highest BCUT2D eigenvalue weighted by molar-refractivity contribution is 14.0. The maximum Gasteiger partial charge on any atom is 0.188 e. The van der Waals surface area contributed by atoms with E-state index in [0.29, 0.717) is 18.4 Å². The summed E-state index contributed by atoms with van der Waals surface area (Å²) in [7, 11) is 0. The molecule has 1 unspecified atom stereocenters. The first-order chi connectivity index (χ1) is 7.79. The lowest BCUT2D eigenvalue weighted by Crippen LogP contribution is -2.32. The van der Waals surface area contributed by atoms with Crippen LogP contribution in [0.3, 0.4) is 0 Å². The van der Waals surface area contributed by atoms with Gasteiger partial charge >= 0.3 is 0 Å². The van der Waals surface area contributed by atoms with Crippen LogP contribution in [0.5, 0.6) is 0 Å². The van der Waals surface area contributed by atoms with Gasteiger partial charge in [-0.2, -0.15) is 0 Å². The molecule has 3 N–H and O–H groups in total. The van der Waals surface area contributed by atoms with Gasteiger partial charge in [-0.25, -0.2) is 0 Å². The lowest BCUT2D eigenvalue weighted by Gasteiger charge is -2.13. The molecular formula is C12H23IN4. The molecule has 4 nitrogen and oxygen atoms in total. The highest BCUT2D eigenvalue weighted by Crippen LogP contribution is 2.31. The summed E-state index contributed by atoms with van der Waals surface area (Å²) in [6, 6.07) is 0.894. The standard InChI is InChI=1S/C12H22N4.HI/c1-2-6-14-12(13)15-8-10-5-7-16(9-10)11-3-4-11;/h2,10-11H,1,3-9H2,(H3,13,14,15);1H. The molecule has 1 saturated heterocycles. The van der Waals surface area contributed by atoms with Crippen molar-refractivity contribution in [3.05, 3.63) is 12.7 Å². The molecule has 17 heavy (non-hydrogen) atoms. The molecule has 0 aromatic carbocycles. The van der Waals surface area contributed by atoms with E-state index in [9.17, 15) is 0 Å². The lowest BCUT2D eigenvalue weighted by molar-refractivity contribution is 0.315. The van der Waals surface area contributed by atoms with Crippen LogP contribution >= 0.6 is 24.0 Å². The normalized spacial score (nSPS) is 25.4. The third-order valence-electron chi connectivity index (χ3n) is 3.33. The minimum atomic E-state index is 0. The Hall–Kier alpha value is -0.300. The summed E-state index contributed by atoms with van der Waals surface area (Å²) in [5, 5.41) is 3.00. The van der Waals surface area contributed by atoms with Gasteiger partial charge in [0.2, 0.25) is 0 Å². The third-order valence-corrected chi connectivity index (χ3v) is 3.33. The van der Waals surface area contributed by atoms with Crippen molar-refractivity contribution >= 4 is 29.9 Å². The van der Waals surface area contributed by atoms with Crippen molar-refractivity contribution in [3.63, 3.8) is 0 Å². The van der Waals surface area contributed by atoms with E-state index in [2.05, 4.69) is 21.8 Å². The van der Waals surface area contributed by atoms with Gasteiger partial charge in [-0.1, -0.05) is 6.08 Å². The fourth-order valence-electron chi connectivity index (χ4n) is 2.24. The Labute approximate surface area is 121 Å². The zero-order valence-electron chi connectivity index (χ0n) is 10.3. The first-order valence-electron chi connectivity index (χ1n) is 6.18. The molecule has 0 radical (unpaired) electrons. The SMILES string of the molecule is C=CCNC(N)=NCC1CCN(C2CC2)C1.I. The summed E-state index contributed by atoms with van der Waals surface area (Å²) in [6.45, 7) is 7.64. The largest absolute Gasteiger partial charge is 0.370 e. The molecule has 0 aromatic rings. The molecule has 2 fully saturated rings. The van der Waals surface area contributed by atoms with Crippen molar-refractivity contribution in [1.29, 1.82) is 0 Å². The molecule has 2 aliphatic rings. The van der Waals surface area contributed by atoms with Gasteiger partial charge in [0.05, 0.1) is 0 Å². The summed E-state index contributed by atoms with van der Waals surface area (Å²) in [5.41, 5.74) is 5.72. The molecular weight excluding hydrogens is 327 g/mol. The number of guanidine groups is 1. The van der Waals surface area contributed by atoms with E-state index in [1.165, 1.54) is 32.4 Å². The van der Waals surface area contributed by atoms with Gasteiger partial charge < -0.3 is 16.0 Å². The van der Waals surface area contributed by atoms with Gasteiger partial charge in [0, 0.05) is 25.7 Å². The molecule has 98 valence electrons. The summed E-state index contributed by atoms with van der Waals surface area (Å²) in [4.78, 5) is 6.97. The number of nitrogens with two attached hydrogens (primary N) is 1. The molecule has 1 saturated carbocycles. The van der Waals surface area contributed by atoms with Crippen molar-refractivity contribution < 1.29 is 0 Å². The fraction of sp³-hybridized carbons (Fsp3) is 0.750. The van der Waals surface area contributed by atoms with Crippen molar-refractivity contribution in [2.75, 3.05) is 26.2 Å². The van der Waals surface area contributed by atoms with Gasteiger partial charge in [-0.15, -0.1) is 30.6 Å². The number of hydrogen-bond acceptors (Lipinski definition) is 2. The van der Waals surface area contributed by atoms with Gasteiger partial charge in [0.1, 0.15) is 0 Å². The van der Waals surface area contributed by atoms with E-state index < -0.39 is 0 Å². The Kier molecular flexibility index (Phi) is 6.26. The molecule has 0 spiro atoms. The Balaban J connectivity index is 0.00000144. The predicted octanol–water partition coefficient (Wildman–Crippen LogP) is 1.18. The highest BCUT2D eigenvalue weighted by Gasteiger charge is 2.34.